The van der Waals surface area contributed by atoms with E-state index in [4.69, 9.17) is 0 Å². The van der Waals surface area contributed by atoms with Gasteiger partial charge >= 0.3 is 0 Å². The van der Waals surface area contributed by atoms with Crippen LogP contribution in [-0.2, 0) is 0 Å². The Bertz CT molecular complexity index is 542. The van der Waals surface area contributed by atoms with Gasteiger partial charge in [-0.15, -0.1) is 0 Å². The van der Waals surface area contributed by atoms with Crippen LogP contribution in [0.15, 0.2) is 18.5 Å². The van der Waals surface area contributed by atoms with Crippen molar-refractivity contribution in [2.24, 2.45) is 0 Å². The average molecular weight is 257 g/mol. The van der Waals surface area contributed by atoms with E-state index >= 15 is 0 Å². The quantitative estimate of drug-likeness (QED) is 0.887. The second-order valence-corrected chi connectivity index (χ2v) is 5.15. The van der Waals surface area contributed by atoms with Crippen molar-refractivity contribution in [2.45, 2.75) is 45.1 Å². The molecule has 5 heteroatoms. The van der Waals surface area contributed by atoms with Gasteiger partial charge in [0.05, 0.1) is 11.9 Å². The molecule has 2 aromatic rings. The molecule has 2 aromatic heterocycles. The van der Waals surface area contributed by atoms with Gasteiger partial charge in [-0.25, -0.2) is 9.97 Å². The van der Waals surface area contributed by atoms with Crippen molar-refractivity contribution in [1.82, 2.24) is 20.2 Å². The Morgan fingerprint density at radius 3 is 2.84 bits per heavy atom. The minimum absolute atomic E-state index is 0.523. The van der Waals surface area contributed by atoms with E-state index in [0.29, 0.717) is 6.04 Å². The van der Waals surface area contributed by atoms with Crippen LogP contribution < -0.4 is 5.32 Å². The highest BCUT2D eigenvalue weighted by molar-refractivity contribution is 5.61. The van der Waals surface area contributed by atoms with E-state index in [2.05, 4.69) is 25.5 Å². The summed E-state index contributed by atoms with van der Waals surface area (Å²) in [6.45, 7) is 2.00. The molecular formula is C14H19N5. The average Bonchev–Trinajstić information content (AvgIpc) is 2.86. The van der Waals surface area contributed by atoms with Gasteiger partial charge in [-0.3, -0.25) is 5.10 Å². The van der Waals surface area contributed by atoms with Crippen molar-refractivity contribution in [2.75, 3.05) is 5.32 Å². The Kier molecular flexibility index (Phi) is 3.44. The summed E-state index contributed by atoms with van der Waals surface area (Å²) in [7, 11) is 0. The van der Waals surface area contributed by atoms with E-state index in [-0.39, 0.29) is 0 Å². The van der Waals surface area contributed by atoms with Gasteiger partial charge < -0.3 is 5.32 Å². The van der Waals surface area contributed by atoms with Gasteiger partial charge in [-0.1, -0.05) is 19.3 Å². The number of aryl methyl sites for hydroxylation is 1. The van der Waals surface area contributed by atoms with Gasteiger partial charge in [0.2, 0.25) is 5.95 Å². The molecule has 1 aliphatic rings. The second-order valence-electron chi connectivity index (χ2n) is 5.15. The fourth-order valence-corrected chi connectivity index (χ4v) is 2.62. The summed E-state index contributed by atoms with van der Waals surface area (Å²) in [6, 6.07) is 2.44. The molecule has 5 nitrogen and oxygen atoms in total. The van der Waals surface area contributed by atoms with Crippen LogP contribution in [0.25, 0.3) is 11.3 Å². The number of hydrogen-bond donors (Lipinski definition) is 2. The minimum atomic E-state index is 0.523. The summed E-state index contributed by atoms with van der Waals surface area (Å²) in [5.74, 6) is 0.727. The largest absolute Gasteiger partial charge is 0.351 e. The minimum Gasteiger partial charge on any atom is -0.351 e. The van der Waals surface area contributed by atoms with Crippen molar-refractivity contribution >= 4 is 5.95 Å². The maximum absolute atomic E-state index is 4.59. The number of aromatic nitrogens is 4. The molecule has 1 aliphatic carbocycles. The van der Waals surface area contributed by atoms with E-state index in [1.54, 1.807) is 6.20 Å². The molecule has 100 valence electrons. The van der Waals surface area contributed by atoms with E-state index < -0.39 is 0 Å². The standard InChI is InChI=1S/C14H19N5/c1-10-12(9-16-19-10)13-7-8-15-14(18-13)17-11-5-3-2-4-6-11/h7-9,11H,2-6H2,1H3,(H,16,19)(H,15,17,18). The summed E-state index contributed by atoms with van der Waals surface area (Å²) >= 11 is 0. The first-order valence-corrected chi connectivity index (χ1v) is 6.93. The van der Waals surface area contributed by atoms with E-state index in [9.17, 15) is 0 Å². The third-order valence-corrected chi connectivity index (χ3v) is 3.70. The number of nitrogens with zero attached hydrogens (tertiary/aromatic N) is 3. The molecule has 3 rings (SSSR count). The molecular weight excluding hydrogens is 238 g/mol. The number of hydrogen-bond acceptors (Lipinski definition) is 4. The number of anilines is 1. The first-order chi connectivity index (χ1) is 9.33. The smallest absolute Gasteiger partial charge is 0.223 e. The molecule has 2 N–H and O–H groups in total. The lowest BCUT2D eigenvalue weighted by Crippen LogP contribution is -2.23. The van der Waals surface area contributed by atoms with Crippen LogP contribution >= 0.6 is 0 Å². The lowest BCUT2D eigenvalue weighted by atomic mass is 9.96. The van der Waals surface area contributed by atoms with E-state index in [1.165, 1.54) is 32.1 Å². The van der Waals surface area contributed by atoms with Gasteiger partial charge in [0.25, 0.3) is 0 Å². The third kappa shape index (κ3) is 2.75. The number of rotatable bonds is 3. The predicted octanol–water partition coefficient (Wildman–Crippen LogP) is 2.92. The topological polar surface area (TPSA) is 66.5 Å². The Morgan fingerprint density at radius 1 is 1.26 bits per heavy atom. The molecule has 0 atom stereocenters. The molecule has 0 radical (unpaired) electrons. The van der Waals surface area contributed by atoms with Crippen molar-refractivity contribution in [3.63, 3.8) is 0 Å². The van der Waals surface area contributed by atoms with Crippen LogP contribution in [0.1, 0.15) is 37.8 Å². The zero-order valence-electron chi connectivity index (χ0n) is 11.2. The summed E-state index contributed by atoms with van der Waals surface area (Å²) in [5.41, 5.74) is 2.98. The number of aromatic amines is 1. The SMILES string of the molecule is Cc1[nH]ncc1-c1ccnc(NC2CCCCC2)n1. The van der Waals surface area contributed by atoms with Crippen LogP contribution in [0, 0.1) is 6.92 Å². The molecule has 2 heterocycles. The van der Waals surface area contributed by atoms with Gasteiger partial charge in [-0.05, 0) is 25.8 Å². The fraction of sp³-hybridized carbons (Fsp3) is 0.500. The highest BCUT2D eigenvalue weighted by atomic mass is 15.1. The second kappa shape index (κ2) is 5.38. The Labute approximate surface area is 112 Å². The molecule has 0 spiro atoms. The lowest BCUT2D eigenvalue weighted by Gasteiger charge is -2.22. The van der Waals surface area contributed by atoms with Crippen LogP contribution in [0.5, 0.6) is 0 Å². The zero-order valence-corrected chi connectivity index (χ0v) is 11.2. The normalized spacial score (nSPS) is 16.5. The summed E-state index contributed by atoms with van der Waals surface area (Å²) in [6.07, 6.45) is 10.0. The Morgan fingerprint density at radius 2 is 2.11 bits per heavy atom. The summed E-state index contributed by atoms with van der Waals surface area (Å²) in [5, 5.41) is 10.4. The van der Waals surface area contributed by atoms with Gasteiger partial charge in [-0.2, -0.15) is 5.10 Å². The number of H-pyrrole nitrogens is 1. The molecule has 0 aliphatic heterocycles. The number of nitrogens with one attached hydrogen (secondary N) is 2. The highest BCUT2D eigenvalue weighted by Gasteiger charge is 2.14. The molecule has 0 aromatic carbocycles. The first kappa shape index (κ1) is 12.1. The third-order valence-electron chi connectivity index (χ3n) is 3.70. The summed E-state index contributed by atoms with van der Waals surface area (Å²) in [4.78, 5) is 8.91. The van der Waals surface area contributed by atoms with Gasteiger partial charge in [0.15, 0.2) is 0 Å². The predicted molar refractivity (Wildman–Crippen MR) is 74.8 cm³/mol. The Hall–Kier alpha value is -1.91. The molecule has 1 saturated carbocycles. The monoisotopic (exact) mass is 257 g/mol. The Balaban J connectivity index is 1.78. The molecule has 0 amide bonds. The van der Waals surface area contributed by atoms with Crippen LogP contribution in [-0.4, -0.2) is 26.2 Å². The van der Waals surface area contributed by atoms with E-state index in [1.807, 2.05) is 19.2 Å². The van der Waals surface area contributed by atoms with Crippen LogP contribution in [0.3, 0.4) is 0 Å². The zero-order chi connectivity index (χ0) is 13.1. The van der Waals surface area contributed by atoms with Crippen LogP contribution in [0.2, 0.25) is 0 Å². The fourth-order valence-electron chi connectivity index (χ4n) is 2.62. The van der Waals surface area contributed by atoms with Gasteiger partial charge in [0, 0.05) is 23.5 Å². The van der Waals surface area contributed by atoms with Crippen molar-refractivity contribution in [3.8, 4) is 11.3 Å². The molecule has 0 bridgehead atoms. The molecule has 0 saturated heterocycles. The van der Waals surface area contributed by atoms with Crippen molar-refractivity contribution < 1.29 is 0 Å². The molecule has 19 heavy (non-hydrogen) atoms. The first-order valence-electron chi connectivity index (χ1n) is 6.93. The highest BCUT2D eigenvalue weighted by Crippen LogP contribution is 2.22. The molecule has 0 unspecified atom stereocenters. The van der Waals surface area contributed by atoms with Crippen molar-refractivity contribution in [3.05, 3.63) is 24.2 Å². The van der Waals surface area contributed by atoms with E-state index in [0.717, 1.165) is 22.9 Å². The van der Waals surface area contributed by atoms with Gasteiger partial charge in [0.1, 0.15) is 0 Å². The maximum atomic E-state index is 4.59. The molecule has 1 fully saturated rings. The summed E-state index contributed by atoms with van der Waals surface area (Å²) < 4.78 is 0. The van der Waals surface area contributed by atoms with Crippen LogP contribution in [0.4, 0.5) is 5.95 Å². The van der Waals surface area contributed by atoms with Crippen molar-refractivity contribution in [1.29, 1.82) is 0 Å². The maximum Gasteiger partial charge on any atom is 0.223 e. The lowest BCUT2D eigenvalue weighted by molar-refractivity contribution is 0.461.